The van der Waals surface area contributed by atoms with Gasteiger partial charge in [-0.3, -0.25) is 9.59 Å². The predicted molar refractivity (Wildman–Crippen MR) is 125 cm³/mol. The second kappa shape index (κ2) is 13.3. The van der Waals surface area contributed by atoms with Crippen molar-refractivity contribution >= 4 is 17.8 Å². The number of hydrogen-bond acceptors (Lipinski definition) is 5. The van der Waals surface area contributed by atoms with Gasteiger partial charge in [-0.1, -0.05) is 37.3 Å². The molecular formula is C25H27F3N4O4. The first kappa shape index (κ1) is 28.3. The molecule has 0 radical (unpaired) electrons. The fraction of sp³-hybridized carbons (Fsp3) is 0.360. The van der Waals surface area contributed by atoms with Crippen molar-refractivity contribution in [3.63, 3.8) is 0 Å². The number of rotatable bonds is 6. The van der Waals surface area contributed by atoms with Crippen LogP contribution in [0.4, 0.5) is 13.2 Å². The lowest BCUT2D eigenvalue weighted by Gasteiger charge is -2.31. The number of alkyl halides is 3. The molecule has 3 rings (SSSR count). The van der Waals surface area contributed by atoms with Crippen LogP contribution in [0.2, 0.25) is 0 Å². The van der Waals surface area contributed by atoms with Gasteiger partial charge >= 0.3 is 12.1 Å². The van der Waals surface area contributed by atoms with Crippen molar-refractivity contribution in [2.75, 3.05) is 39.3 Å². The zero-order valence-corrected chi connectivity index (χ0v) is 19.7. The number of carboxylic acids is 1. The van der Waals surface area contributed by atoms with Crippen molar-refractivity contribution in [1.82, 2.24) is 15.1 Å². The van der Waals surface area contributed by atoms with Crippen LogP contribution in [0.1, 0.15) is 34.3 Å². The Labute approximate surface area is 206 Å². The summed E-state index contributed by atoms with van der Waals surface area (Å²) >= 11 is 0. The molecule has 2 aromatic rings. The fourth-order valence-corrected chi connectivity index (χ4v) is 3.48. The molecule has 0 spiro atoms. The van der Waals surface area contributed by atoms with Crippen LogP contribution in [0, 0.1) is 11.3 Å². The van der Waals surface area contributed by atoms with Gasteiger partial charge in [0.25, 0.3) is 5.91 Å². The van der Waals surface area contributed by atoms with E-state index in [0.717, 1.165) is 18.7 Å². The first-order valence-electron chi connectivity index (χ1n) is 11.2. The Balaban J connectivity index is 0.000000572. The van der Waals surface area contributed by atoms with Gasteiger partial charge in [0.15, 0.2) is 0 Å². The van der Waals surface area contributed by atoms with E-state index in [0.29, 0.717) is 30.8 Å². The molecule has 0 aliphatic carbocycles. The molecule has 36 heavy (non-hydrogen) atoms. The molecule has 0 saturated carbocycles. The molecule has 11 heteroatoms. The maximum Gasteiger partial charge on any atom is 0.490 e. The molecule has 0 aromatic heterocycles. The van der Waals surface area contributed by atoms with Crippen LogP contribution in [0.5, 0.6) is 0 Å². The van der Waals surface area contributed by atoms with Crippen molar-refractivity contribution < 1.29 is 32.7 Å². The lowest BCUT2D eigenvalue weighted by atomic mass is 10.00. The number of amides is 2. The van der Waals surface area contributed by atoms with Crippen molar-refractivity contribution in [3.05, 3.63) is 71.3 Å². The van der Waals surface area contributed by atoms with E-state index < -0.39 is 12.1 Å². The third kappa shape index (κ3) is 8.70. The molecule has 2 aromatic carbocycles. The van der Waals surface area contributed by atoms with Gasteiger partial charge in [0.05, 0.1) is 11.6 Å². The predicted octanol–water partition coefficient (Wildman–Crippen LogP) is 2.87. The molecule has 8 nitrogen and oxygen atoms in total. The summed E-state index contributed by atoms with van der Waals surface area (Å²) < 4.78 is 31.7. The molecule has 1 saturated heterocycles. The van der Waals surface area contributed by atoms with Crippen molar-refractivity contribution in [2.45, 2.75) is 19.0 Å². The average molecular weight is 505 g/mol. The van der Waals surface area contributed by atoms with E-state index in [1.807, 2.05) is 35.2 Å². The number of carbonyl (C=O) groups excluding carboxylic acids is 2. The number of nitriles is 1. The van der Waals surface area contributed by atoms with E-state index in [9.17, 15) is 22.8 Å². The summed E-state index contributed by atoms with van der Waals surface area (Å²) in [5, 5.41) is 19.3. The molecule has 2 N–H and O–H groups in total. The molecule has 1 heterocycles. The van der Waals surface area contributed by atoms with Crippen molar-refractivity contribution in [2.24, 2.45) is 0 Å². The first-order chi connectivity index (χ1) is 17.0. The Morgan fingerprint density at radius 2 is 1.64 bits per heavy atom. The van der Waals surface area contributed by atoms with E-state index >= 15 is 0 Å². The average Bonchev–Trinajstić information content (AvgIpc) is 2.88. The van der Waals surface area contributed by atoms with Crippen LogP contribution in [0.15, 0.2) is 54.6 Å². The zero-order chi connectivity index (χ0) is 26.7. The number of carbonyl (C=O) groups is 3. The third-order valence-electron chi connectivity index (χ3n) is 5.45. The van der Waals surface area contributed by atoms with E-state index in [-0.39, 0.29) is 24.3 Å². The molecule has 0 bridgehead atoms. The molecular weight excluding hydrogens is 477 g/mol. The molecule has 1 aliphatic heterocycles. The van der Waals surface area contributed by atoms with Crippen LogP contribution < -0.4 is 5.32 Å². The van der Waals surface area contributed by atoms with Gasteiger partial charge in [-0.25, -0.2) is 4.79 Å². The smallest absolute Gasteiger partial charge is 0.475 e. The highest BCUT2D eigenvalue weighted by Gasteiger charge is 2.38. The molecule has 1 aliphatic rings. The summed E-state index contributed by atoms with van der Waals surface area (Å²) in [6, 6.07) is 18.6. The number of halogens is 3. The van der Waals surface area contributed by atoms with Gasteiger partial charge in [0, 0.05) is 38.3 Å². The lowest BCUT2D eigenvalue weighted by molar-refractivity contribution is -0.192. The maximum absolute atomic E-state index is 13.2. The highest BCUT2D eigenvalue weighted by molar-refractivity contribution is 5.96. The summed E-state index contributed by atoms with van der Waals surface area (Å²) in [7, 11) is 0. The minimum atomic E-state index is -5.08. The lowest BCUT2D eigenvalue weighted by Crippen LogP contribution is -2.50. The number of nitrogens with one attached hydrogen (secondary N) is 1. The van der Waals surface area contributed by atoms with Gasteiger partial charge in [-0.15, -0.1) is 0 Å². The Hall–Kier alpha value is -3.91. The van der Waals surface area contributed by atoms with Crippen molar-refractivity contribution in [1.29, 1.82) is 5.26 Å². The monoisotopic (exact) mass is 504 g/mol. The number of carboxylic acid groups (broad SMARTS) is 1. The van der Waals surface area contributed by atoms with Crippen molar-refractivity contribution in [3.8, 4) is 6.07 Å². The summed E-state index contributed by atoms with van der Waals surface area (Å²) in [4.78, 5) is 38.3. The third-order valence-corrected chi connectivity index (χ3v) is 5.45. The van der Waals surface area contributed by atoms with Crippen LogP contribution in [0.3, 0.4) is 0 Å². The standard InChI is InChI=1S/C23H26N4O2.C2HF3O2/c1-18(20-5-3-2-4-6-20)16-27(17-22(28)26-13-11-25-12-14-26)23(29)21-9-7-19(15-24)8-10-21;3-2(4,5)1(6)7/h2-10,18,25H,11-14,16-17H2,1H3;(H,6,7). The van der Waals surface area contributed by atoms with Crippen LogP contribution in [0.25, 0.3) is 0 Å². The number of aliphatic carboxylic acids is 1. The number of nitrogens with zero attached hydrogens (tertiary/aromatic N) is 3. The molecule has 1 fully saturated rings. The highest BCUT2D eigenvalue weighted by atomic mass is 19.4. The van der Waals surface area contributed by atoms with Gasteiger partial charge in [-0.05, 0) is 35.7 Å². The molecule has 1 atom stereocenters. The van der Waals surface area contributed by atoms with Crippen LogP contribution in [-0.2, 0) is 9.59 Å². The SMILES string of the molecule is CC(CN(CC(=O)N1CCNCC1)C(=O)c1ccc(C#N)cc1)c1ccccc1.O=C(O)C(F)(F)F. The van der Waals surface area contributed by atoms with Crippen LogP contribution in [-0.4, -0.2) is 78.1 Å². The van der Waals surface area contributed by atoms with Gasteiger partial charge < -0.3 is 20.2 Å². The normalized spacial score (nSPS) is 14.0. The molecule has 2 amide bonds. The van der Waals surface area contributed by atoms with Crippen LogP contribution >= 0.6 is 0 Å². The Kier molecular flexibility index (Phi) is 10.4. The van der Waals surface area contributed by atoms with E-state index in [1.165, 1.54) is 0 Å². The Morgan fingerprint density at radius 1 is 1.08 bits per heavy atom. The maximum atomic E-state index is 13.2. The Bertz CT molecular complexity index is 1060. The Morgan fingerprint density at radius 3 is 2.14 bits per heavy atom. The number of benzene rings is 2. The van der Waals surface area contributed by atoms with E-state index in [2.05, 4.69) is 18.3 Å². The topological polar surface area (TPSA) is 114 Å². The molecule has 192 valence electrons. The van der Waals surface area contributed by atoms with E-state index in [1.54, 1.807) is 29.2 Å². The fourth-order valence-electron chi connectivity index (χ4n) is 3.48. The molecule has 1 unspecified atom stereocenters. The van der Waals surface area contributed by atoms with Gasteiger partial charge in [0.1, 0.15) is 6.54 Å². The minimum Gasteiger partial charge on any atom is -0.475 e. The summed E-state index contributed by atoms with van der Waals surface area (Å²) in [5.74, 6) is -2.89. The summed E-state index contributed by atoms with van der Waals surface area (Å²) in [6.07, 6.45) is -5.08. The highest BCUT2D eigenvalue weighted by Crippen LogP contribution is 2.18. The second-order valence-corrected chi connectivity index (χ2v) is 8.12. The summed E-state index contributed by atoms with van der Waals surface area (Å²) in [5.41, 5.74) is 2.11. The number of piperazine rings is 1. The largest absolute Gasteiger partial charge is 0.490 e. The van der Waals surface area contributed by atoms with E-state index in [4.69, 9.17) is 15.2 Å². The first-order valence-corrected chi connectivity index (χ1v) is 11.2. The second-order valence-electron chi connectivity index (χ2n) is 8.12. The minimum absolute atomic E-state index is 0.0336. The quantitative estimate of drug-likeness (QED) is 0.626. The van der Waals surface area contributed by atoms with Gasteiger partial charge in [-0.2, -0.15) is 18.4 Å². The number of hydrogen-bond donors (Lipinski definition) is 2. The van der Waals surface area contributed by atoms with Gasteiger partial charge in [0.2, 0.25) is 5.91 Å². The summed E-state index contributed by atoms with van der Waals surface area (Å²) in [6.45, 7) is 5.42. The zero-order valence-electron chi connectivity index (χ0n) is 19.7.